The van der Waals surface area contributed by atoms with E-state index in [1.807, 2.05) is 6.92 Å². The summed E-state index contributed by atoms with van der Waals surface area (Å²) in [4.78, 5) is 20.2. The van der Waals surface area contributed by atoms with E-state index in [1.54, 1.807) is 12.4 Å². The molecular formula is C12H16N6OS. The first-order chi connectivity index (χ1) is 9.69. The number of nitrogens with one attached hydrogen (secondary N) is 2. The molecule has 0 bridgehead atoms. The number of hydrogen-bond acceptors (Lipinski definition) is 7. The van der Waals surface area contributed by atoms with Crippen LogP contribution in [0.3, 0.4) is 0 Å². The van der Waals surface area contributed by atoms with Crippen molar-refractivity contribution in [3.63, 3.8) is 0 Å². The molecule has 0 aromatic carbocycles. The molecule has 2 N–H and O–H groups in total. The largest absolute Gasteiger partial charge is 0.360 e. The van der Waals surface area contributed by atoms with Crippen LogP contribution in [0.25, 0.3) is 0 Å². The third-order valence-corrected chi connectivity index (χ3v) is 3.29. The number of hydrogen-bond donors (Lipinski definition) is 2. The van der Waals surface area contributed by atoms with Gasteiger partial charge in [0.25, 0.3) is 5.91 Å². The summed E-state index contributed by atoms with van der Waals surface area (Å²) in [6, 6.07) is 0. The number of aromatic nitrogens is 4. The van der Waals surface area contributed by atoms with Crippen molar-refractivity contribution < 1.29 is 4.79 Å². The Morgan fingerprint density at radius 1 is 1.30 bits per heavy atom. The number of carbonyl (C=O) groups excluding carboxylic acids is 1. The normalized spacial score (nSPS) is 10.3. The molecule has 106 valence electrons. The van der Waals surface area contributed by atoms with Gasteiger partial charge >= 0.3 is 0 Å². The zero-order valence-electron chi connectivity index (χ0n) is 11.4. The summed E-state index contributed by atoms with van der Waals surface area (Å²) < 4.78 is 0. The summed E-state index contributed by atoms with van der Waals surface area (Å²) >= 11 is 1.24. The summed E-state index contributed by atoms with van der Waals surface area (Å²) in [5.74, 6) is -0.255. The highest BCUT2D eigenvalue weighted by molar-refractivity contribution is 7.17. The number of amides is 1. The number of anilines is 1. The monoisotopic (exact) mass is 292 g/mol. The SMILES string of the molecule is CCCNc1nnc(C(=O)NCc2cnc(C)cn2)s1. The van der Waals surface area contributed by atoms with Crippen molar-refractivity contribution in [2.45, 2.75) is 26.8 Å². The Hall–Kier alpha value is -2.09. The van der Waals surface area contributed by atoms with Crippen LogP contribution in [0.1, 0.15) is 34.5 Å². The van der Waals surface area contributed by atoms with Crippen molar-refractivity contribution in [2.75, 3.05) is 11.9 Å². The first-order valence-corrected chi connectivity index (χ1v) is 7.13. The van der Waals surface area contributed by atoms with Crippen LogP contribution in [0.2, 0.25) is 0 Å². The van der Waals surface area contributed by atoms with Gasteiger partial charge in [-0.2, -0.15) is 0 Å². The second-order valence-electron chi connectivity index (χ2n) is 4.17. The van der Waals surface area contributed by atoms with Gasteiger partial charge in [0, 0.05) is 12.7 Å². The lowest BCUT2D eigenvalue weighted by Crippen LogP contribution is -2.23. The summed E-state index contributed by atoms with van der Waals surface area (Å²) in [6.07, 6.45) is 4.30. The highest BCUT2D eigenvalue weighted by atomic mass is 32.1. The van der Waals surface area contributed by atoms with Crippen LogP contribution in [0.4, 0.5) is 5.13 Å². The Morgan fingerprint density at radius 2 is 2.15 bits per heavy atom. The zero-order chi connectivity index (χ0) is 14.4. The summed E-state index contributed by atoms with van der Waals surface area (Å²) in [5, 5.41) is 14.6. The molecule has 0 saturated carbocycles. The average Bonchev–Trinajstić information content (AvgIpc) is 2.93. The second-order valence-corrected chi connectivity index (χ2v) is 5.15. The van der Waals surface area contributed by atoms with E-state index < -0.39 is 0 Å². The van der Waals surface area contributed by atoms with Crippen molar-refractivity contribution >= 4 is 22.4 Å². The van der Waals surface area contributed by atoms with E-state index in [9.17, 15) is 4.79 Å². The molecule has 0 fully saturated rings. The number of nitrogens with zero attached hydrogens (tertiary/aromatic N) is 4. The summed E-state index contributed by atoms with van der Waals surface area (Å²) in [7, 11) is 0. The lowest BCUT2D eigenvalue weighted by atomic mass is 10.4. The summed E-state index contributed by atoms with van der Waals surface area (Å²) in [6.45, 7) is 5.06. The quantitative estimate of drug-likeness (QED) is 0.835. The van der Waals surface area contributed by atoms with Gasteiger partial charge in [-0.05, 0) is 13.3 Å². The molecule has 0 aliphatic heterocycles. The van der Waals surface area contributed by atoms with E-state index in [4.69, 9.17) is 0 Å². The van der Waals surface area contributed by atoms with Crippen molar-refractivity contribution in [3.05, 3.63) is 28.8 Å². The highest BCUT2D eigenvalue weighted by Crippen LogP contribution is 2.14. The Kier molecular flexibility index (Phi) is 4.94. The molecule has 0 unspecified atom stereocenters. The molecule has 0 radical (unpaired) electrons. The molecule has 7 nitrogen and oxygen atoms in total. The molecule has 0 atom stereocenters. The molecule has 1 amide bonds. The molecular weight excluding hydrogens is 276 g/mol. The van der Waals surface area contributed by atoms with Crippen LogP contribution in [0, 0.1) is 6.92 Å². The lowest BCUT2D eigenvalue weighted by Gasteiger charge is -2.01. The van der Waals surface area contributed by atoms with Crippen LogP contribution in [-0.2, 0) is 6.54 Å². The van der Waals surface area contributed by atoms with E-state index in [1.165, 1.54) is 11.3 Å². The zero-order valence-corrected chi connectivity index (χ0v) is 12.2. The minimum atomic E-state index is -0.255. The maximum atomic E-state index is 11.9. The minimum Gasteiger partial charge on any atom is -0.360 e. The van der Waals surface area contributed by atoms with E-state index in [0.717, 1.165) is 18.7 Å². The van der Waals surface area contributed by atoms with Gasteiger partial charge in [0.05, 0.1) is 24.1 Å². The standard InChI is InChI=1S/C12H16N6OS/c1-3-4-13-12-18-17-11(20-12)10(19)16-7-9-6-14-8(2)5-15-9/h5-6H,3-4,7H2,1-2H3,(H,13,18)(H,16,19). The lowest BCUT2D eigenvalue weighted by molar-refractivity contribution is 0.0949. The van der Waals surface area contributed by atoms with E-state index >= 15 is 0 Å². The Labute approximate surface area is 120 Å². The van der Waals surface area contributed by atoms with Crippen molar-refractivity contribution in [1.29, 1.82) is 0 Å². The fourth-order valence-corrected chi connectivity index (χ4v) is 2.06. The number of rotatable bonds is 6. The van der Waals surface area contributed by atoms with E-state index in [-0.39, 0.29) is 5.91 Å². The Morgan fingerprint density at radius 3 is 2.85 bits per heavy atom. The number of carbonyl (C=O) groups is 1. The molecule has 2 heterocycles. The van der Waals surface area contributed by atoms with Crippen molar-refractivity contribution in [3.8, 4) is 0 Å². The van der Waals surface area contributed by atoms with Crippen LogP contribution in [-0.4, -0.2) is 32.6 Å². The topological polar surface area (TPSA) is 92.7 Å². The smallest absolute Gasteiger partial charge is 0.282 e. The van der Waals surface area contributed by atoms with Crippen molar-refractivity contribution in [1.82, 2.24) is 25.5 Å². The molecule has 2 aromatic rings. The van der Waals surface area contributed by atoms with Gasteiger partial charge in [-0.1, -0.05) is 18.3 Å². The number of aryl methyl sites for hydroxylation is 1. The van der Waals surface area contributed by atoms with E-state index in [2.05, 4.69) is 37.7 Å². The molecule has 20 heavy (non-hydrogen) atoms. The van der Waals surface area contributed by atoms with Crippen LogP contribution >= 0.6 is 11.3 Å². The molecule has 0 aliphatic carbocycles. The predicted octanol–water partition coefficient (Wildman–Crippen LogP) is 1.39. The van der Waals surface area contributed by atoms with Crippen LogP contribution in [0.5, 0.6) is 0 Å². The Bertz CT molecular complexity index is 568. The molecule has 0 saturated heterocycles. The van der Waals surface area contributed by atoms with Crippen LogP contribution in [0.15, 0.2) is 12.4 Å². The van der Waals surface area contributed by atoms with Gasteiger partial charge in [0.1, 0.15) is 0 Å². The molecule has 0 spiro atoms. The maximum Gasteiger partial charge on any atom is 0.282 e. The van der Waals surface area contributed by atoms with Gasteiger partial charge in [-0.3, -0.25) is 14.8 Å². The average molecular weight is 292 g/mol. The molecule has 8 heteroatoms. The van der Waals surface area contributed by atoms with Gasteiger partial charge in [-0.25, -0.2) is 0 Å². The van der Waals surface area contributed by atoms with Gasteiger partial charge in [-0.15, -0.1) is 10.2 Å². The van der Waals surface area contributed by atoms with Gasteiger partial charge in [0.2, 0.25) is 10.1 Å². The Balaban J connectivity index is 1.88. The second kappa shape index (κ2) is 6.90. The first-order valence-electron chi connectivity index (χ1n) is 6.32. The fourth-order valence-electron chi connectivity index (χ4n) is 1.38. The first kappa shape index (κ1) is 14.3. The van der Waals surface area contributed by atoms with Gasteiger partial charge < -0.3 is 10.6 Å². The van der Waals surface area contributed by atoms with Gasteiger partial charge in [0.15, 0.2) is 0 Å². The molecule has 2 aromatic heterocycles. The minimum absolute atomic E-state index is 0.255. The fraction of sp³-hybridized carbons (Fsp3) is 0.417. The summed E-state index contributed by atoms with van der Waals surface area (Å²) in [5.41, 5.74) is 1.55. The highest BCUT2D eigenvalue weighted by Gasteiger charge is 2.12. The van der Waals surface area contributed by atoms with Crippen molar-refractivity contribution in [2.24, 2.45) is 0 Å². The predicted molar refractivity (Wildman–Crippen MR) is 76.6 cm³/mol. The maximum absolute atomic E-state index is 11.9. The molecule has 0 aliphatic rings. The van der Waals surface area contributed by atoms with E-state index in [0.29, 0.717) is 22.4 Å². The third kappa shape index (κ3) is 3.95. The molecule has 2 rings (SSSR count). The van der Waals surface area contributed by atoms with Crippen LogP contribution < -0.4 is 10.6 Å². The third-order valence-electron chi connectivity index (χ3n) is 2.41.